The van der Waals surface area contributed by atoms with E-state index in [1.165, 1.54) is 28.9 Å². The second kappa shape index (κ2) is 7.90. The first-order valence-corrected chi connectivity index (χ1v) is 9.38. The SMILES string of the molecule is Cc1cccc(-c2nsc(SCC(=O)NC[C@H]3CCCO3)n2)c1. The number of carbonyl (C=O) groups excluding carboxylic acids is 1. The van der Waals surface area contributed by atoms with Crippen molar-refractivity contribution in [3.63, 3.8) is 0 Å². The van der Waals surface area contributed by atoms with Gasteiger partial charge in [0.05, 0.1) is 11.9 Å². The molecule has 0 spiro atoms. The molecule has 1 aromatic heterocycles. The second-order valence-corrected chi connectivity index (χ2v) is 7.46. The molecule has 1 aliphatic rings. The molecule has 1 aliphatic heterocycles. The van der Waals surface area contributed by atoms with Crippen LogP contribution in [0.4, 0.5) is 0 Å². The minimum Gasteiger partial charge on any atom is -0.376 e. The molecule has 0 radical (unpaired) electrons. The number of rotatable bonds is 6. The van der Waals surface area contributed by atoms with E-state index in [-0.39, 0.29) is 12.0 Å². The molecule has 0 aliphatic carbocycles. The van der Waals surface area contributed by atoms with E-state index in [1.54, 1.807) is 0 Å². The van der Waals surface area contributed by atoms with Gasteiger partial charge in [0, 0.05) is 18.7 Å². The largest absolute Gasteiger partial charge is 0.376 e. The van der Waals surface area contributed by atoms with Crippen LogP contribution in [-0.2, 0) is 9.53 Å². The fourth-order valence-electron chi connectivity index (χ4n) is 2.38. The number of benzene rings is 1. The number of ether oxygens (including phenoxy) is 1. The zero-order valence-corrected chi connectivity index (χ0v) is 14.6. The van der Waals surface area contributed by atoms with Crippen LogP contribution in [0.3, 0.4) is 0 Å². The lowest BCUT2D eigenvalue weighted by Gasteiger charge is -2.09. The molecule has 2 aromatic rings. The van der Waals surface area contributed by atoms with Crippen molar-refractivity contribution < 1.29 is 9.53 Å². The van der Waals surface area contributed by atoms with Crippen molar-refractivity contribution in [2.45, 2.75) is 30.2 Å². The quantitative estimate of drug-likeness (QED) is 0.813. The van der Waals surface area contributed by atoms with E-state index in [0.29, 0.717) is 12.3 Å². The van der Waals surface area contributed by atoms with Gasteiger partial charge in [-0.2, -0.15) is 4.37 Å². The van der Waals surface area contributed by atoms with Gasteiger partial charge in [-0.15, -0.1) is 0 Å². The molecule has 23 heavy (non-hydrogen) atoms. The molecule has 1 N–H and O–H groups in total. The minimum atomic E-state index is 0.0119. The molecular formula is C16H19N3O2S2. The summed E-state index contributed by atoms with van der Waals surface area (Å²) in [6.45, 7) is 3.45. The van der Waals surface area contributed by atoms with Gasteiger partial charge in [0.15, 0.2) is 10.2 Å². The Morgan fingerprint density at radius 1 is 1.52 bits per heavy atom. The summed E-state index contributed by atoms with van der Waals surface area (Å²) in [5.74, 6) is 1.09. The van der Waals surface area contributed by atoms with Gasteiger partial charge in [-0.1, -0.05) is 35.5 Å². The summed E-state index contributed by atoms with van der Waals surface area (Å²) in [7, 11) is 0. The molecule has 2 heterocycles. The predicted octanol–water partition coefficient (Wildman–Crippen LogP) is 2.90. The van der Waals surface area contributed by atoms with Crippen molar-refractivity contribution in [1.82, 2.24) is 14.7 Å². The number of hydrogen-bond donors (Lipinski definition) is 1. The Bertz CT molecular complexity index is 669. The van der Waals surface area contributed by atoms with Crippen LogP contribution < -0.4 is 5.32 Å². The Balaban J connectivity index is 1.48. The lowest BCUT2D eigenvalue weighted by atomic mass is 10.1. The van der Waals surface area contributed by atoms with Gasteiger partial charge < -0.3 is 10.1 Å². The molecule has 1 amide bonds. The fourth-order valence-corrected chi connectivity index (χ4v) is 3.83. The molecule has 0 unspecified atom stereocenters. The Labute approximate surface area is 144 Å². The van der Waals surface area contributed by atoms with Crippen molar-refractivity contribution >= 4 is 29.2 Å². The van der Waals surface area contributed by atoms with Crippen LogP contribution >= 0.6 is 23.3 Å². The maximum absolute atomic E-state index is 11.9. The number of amides is 1. The lowest BCUT2D eigenvalue weighted by Crippen LogP contribution is -2.32. The zero-order chi connectivity index (χ0) is 16.1. The third kappa shape index (κ3) is 4.76. The van der Waals surface area contributed by atoms with Crippen molar-refractivity contribution in [3.8, 4) is 11.4 Å². The number of carbonyl (C=O) groups is 1. The number of nitrogens with one attached hydrogen (secondary N) is 1. The smallest absolute Gasteiger partial charge is 0.230 e. The Kier molecular flexibility index (Phi) is 5.64. The van der Waals surface area contributed by atoms with Gasteiger partial charge in [0.25, 0.3) is 0 Å². The van der Waals surface area contributed by atoms with E-state index < -0.39 is 0 Å². The van der Waals surface area contributed by atoms with Gasteiger partial charge in [-0.25, -0.2) is 4.98 Å². The summed E-state index contributed by atoms with van der Waals surface area (Å²) in [5, 5.41) is 2.91. The van der Waals surface area contributed by atoms with E-state index in [9.17, 15) is 4.79 Å². The normalized spacial score (nSPS) is 17.3. The van der Waals surface area contributed by atoms with Gasteiger partial charge in [-0.05, 0) is 37.4 Å². The summed E-state index contributed by atoms with van der Waals surface area (Å²) in [4.78, 5) is 16.4. The molecule has 1 fully saturated rings. The van der Waals surface area contributed by atoms with E-state index >= 15 is 0 Å². The maximum Gasteiger partial charge on any atom is 0.230 e. The highest BCUT2D eigenvalue weighted by Gasteiger charge is 2.16. The van der Waals surface area contributed by atoms with Crippen LogP contribution in [0.2, 0.25) is 0 Å². The predicted molar refractivity (Wildman–Crippen MR) is 92.8 cm³/mol. The highest BCUT2D eigenvalue weighted by atomic mass is 32.2. The molecule has 1 atom stereocenters. The molecule has 1 aromatic carbocycles. The molecule has 0 bridgehead atoms. The highest BCUT2D eigenvalue weighted by molar-refractivity contribution is 8.01. The molecule has 1 saturated heterocycles. The molecule has 3 rings (SSSR count). The molecule has 5 nitrogen and oxygen atoms in total. The van der Waals surface area contributed by atoms with Gasteiger partial charge in [0.2, 0.25) is 5.91 Å². The number of thioether (sulfide) groups is 1. The number of aryl methyl sites for hydroxylation is 1. The first kappa shape index (κ1) is 16.4. The van der Waals surface area contributed by atoms with Crippen molar-refractivity contribution in [2.75, 3.05) is 18.9 Å². The molecular weight excluding hydrogens is 330 g/mol. The Morgan fingerprint density at radius 3 is 3.22 bits per heavy atom. The maximum atomic E-state index is 11.9. The van der Waals surface area contributed by atoms with E-state index in [1.807, 2.05) is 25.1 Å². The van der Waals surface area contributed by atoms with E-state index in [4.69, 9.17) is 4.74 Å². The Morgan fingerprint density at radius 2 is 2.43 bits per heavy atom. The molecule has 7 heteroatoms. The third-order valence-corrected chi connectivity index (χ3v) is 5.39. The summed E-state index contributed by atoms with van der Waals surface area (Å²) in [6.07, 6.45) is 2.30. The van der Waals surface area contributed by atoms with Gasteiger partial charge >= 0.3 is 0 Å². The first-order chi connectivity index (χ1) is 11.2. The fraction of sp³-hybridized carbons (Fsp3) is 0.438. The topological polar surface area (TPSA) is 64.1 Å². The monoisotopic (exact) mass is 349 g/mol. The number of nitrogens with zero attached hydrogens (tertiary/aromatic N) is 2. The van der Waals surface area contributed by atoms with Gasteiger partial charge in [-0.3, -0.25) is 4.79 Å². The number of hydrogen-bond acceptors (Lipinski definition) is 6. The standard InChI is InChI=1S/C16H19N3O2S2/c1-11-4-2-5-12(8-11)15-18-16(23-19-15)22-10-14(20)17-9-13-6-3-7-21-13/h2,4-5,8,13H,3,6-7,9-10H2,1H3,(H,17,20)/t13-/m1/s1. The first-order valence-electron chi connectivity index (χ1n) is 7.62. The van der Waals surface area contributed by atoms with Crippen LogP contribution in [0.15, 0.2) is 28.6 Å². The lowest BCUT2D eigenvalue weighted by molar-refractivity contribution is -0.119. The average Bonchev–Trinajstić information content (AvgIpc) is 3.22. The van der Waals surface area contributed by atoms with Crippen LogP contribution in [0.5, 0.6) is 0 Å². The van der Waals surface area contributed by atoms with Gasteiger partial charge in [0.1, 0.15) is 0 Å². The Hall–Kier alpha value is -1.44. The summed E-state index contributed by atoms with van der Waals surface area (Å²) < 4.78 is 10.7. The van der Waals surface area contributed by atoms with Crippen LogP contribution in [0, 0.1) is 6.92 Å². The summed E-state index contributed by atoms with van der Waals surface area (Å²) >= 11 is 2.76. The molecule has 122 valence electrons. The highest BCUT2D eigenvalue weighted by Crippen LogP contribution is 2.25. The van der Waals surface area contributed by atoms with Crippen LogP contribution in [-0.4, -0.2) is 40.3 Å². The summed E-state index contributed by atoms with van der Waals surface area (Å²) in [5.41, 5.74) is 2.19. The van der Waals surface area contributed by atoms with Crippen LogP contribution in [0.25, 0.3) is 11.4 Å². The van der Waals surface area contributed by atoms with E-state index in [2.05, 4.69) is 20.7 Å². The van der Waals surface area contributed by atoms with E-state index in [0.717, 1.165) is 35.2 Å². The second-order valence-electron chi connectivity index (χ2n) is 5.48. The third-order valence-electron chi connectivity index (χ3n) is 3.56. The summed E-state index contributed by atoms with van der Waals surface area (Å²) in [6, 6.07) is 8.10. The average molecular weight is 349 g/mol. The number of aromatic nitrogens is 2. The van der Waals surface area contributed by atoms with Crippen molar-refractivity contribution in [2.24, 2.45) is 0 Å². The van der Waals surface area contributed by atoms with Crippen molar-refractivity contribution in [3.05, 3.63) is 29.8 Å². The zero-order valence-electron chi connectivity index (χ0n) is 12.9. The van der Waals surface area contributed by atoms with Crippen molar-refractivity contribution in [1.29, 1.82) is 0 Å². The molecule has 0 saturated carbocycles. The van der Waals surface area contributed by atoms with Crippen LogP contribution in [0.1, 0.15) is 18.4 Å². The minimum absolute atomic E-state index is 0.0119.